The molecule has 0 saturated carbocycles. The maximum atomic E-state index is 3.65. The number of rotatable bonds is 4. The van der Waals surface area contributed by atoms with Crippen LogP contribution in [0, 0.1) is 0 Å². The molecule has 0 fully saturated rings. The Morgan fingerprint density at radius 2 is 2.18 bits per heavy atom. The molecular formula is C15H23NS. The van der Waals surface area contributed by atoms with Gasteiger partial charge >= 0.3 is 0 Å². The zero-order chi connectivity index (χ0) is 11.9. The summed E-state index contributed by atoms with van der Waals surface area (Å²) in [6, 6.07) is 4.89. The summed E-state index contributed by atoms with van der Waals surface area (Å²) in [5.74, 6) is 0. The lowest BCUT2D eigenvalue weighted by molar-refractivity contribution is 0.558. The third kappa shape index (κ3) is 3.68. The van der Waals surface area contributed by atoms with Crippen molar-refractivity contribution in [2.24, 2.45) is 0 Å². The lowest BCUT2D eigenvalue weighted by Crippen LogP contribution is -2.22. The normalized spacial score (nSPS) is 22.3. The fourth-order valence-corrected chi connectivity index (χ4v) is 3.39. The Kier molecular flexibility index (Phi) is 5.27. The second-order valence-corrected chi connectivity index (χ2v) is 5.72. The molecule has 0 bridgehead atoms. The summed E-state index contributed by atoms with van der Waals surface area (Å²) in [6.45, 7) is 3.24. The first-order valence-corrected chi connectivity index (χ1v) is 7.75. The van der Waals surface area contributed by atoms with Crippen LogP contribution in [0.1, 0.15) is 56.4 Å². The van der Waals surface area contributed by atoms with Crippen molar-refractivity contribution in [1.82, 2.24) is 5.32 Å². The number of thiophene rings is 1. The molecule has 0 aromatic carbocycles. The van der Waals surface area contributed by atoms with E-state index in [0.29, 0.717) is 6.04 Å². The van der Waals surface area contributed by atoms with Crippen molar-refractivity contribution in [3.8, 4) is 0 Å². The second-order valence-electron chi connectivity index (χ2n) is 4.74. The van der Waals surface area contributed by atoms with Crippen LogP contribution in [0.4, 0.5) is 0 Å². The summed E-state index contributed by atoms with van der Waals surface area (Å²) in [6.07, 6.45) is 10.6. The zero-order valence-corrected chi connectivity index (χ0v) is 11.6. The SMILES string of the molecule is CCNC(/C1=C/CCCCCC1)c1cccs1. The van der Waals surface area contributed by atoms with Crippen LogP contribution in [0.5, 0.6) is 0 Å². The van der Waals surface area contributed by atoms with E-state index in [2.05, 4.69) is 35.8 Å². The van der Waals surface area contributed by atoms with Crippen LogP contribution >= 0.6 is 11.3 Å². The molecule has 0 spiro atoms. The molecule has 1 unspecified atom stereocenters. The maximum absolute atomic E-state index is 3.65. The highest BCUT2D eigenvalue weighted by atomic mass is 32.1. The summed E-state index contributed by atoms with van der Waals surface area (Å²) >= 11 is 1.87. The van der Waals surface area contributed by atoms with Crippen molar-refractivity contribution >= 4 is 11.3 Å². The quantitative estimate of drug-likeness (QED) is 0.764. The summed E-state index contributed by atoms with van der Waals surface area (Å²) in [5.41, 5.74) is 1.62. The molecule has 0 amide bonds. The van der Waals surface area contributed by atoms with Gasteiger partial charge in [-0.15, -0.1) is 11.3 Å². The van der Waals surface area contributed by atoms with Gasteiger partial charge in [-0.05, 0) is 43.7 Å². The minimum atomic E-state index is 0.470. The molecule has 1 atom stereocenters. The fourth-order valence-electron chi connectivity index (χ4n) is 2.55. The van der Waals surface area contributed by atoms with Gasteiger partial charge in [-0.2, -0.15) is 0 Å². The van der Waals surface area contributed by atoms with Gasteiger partial charge in [0.2, 0.25) is 0 Å². The van der Waals surface area contributed by atoms with Crippen molar-refractivity contribution < 1.29 is 0 Å². The van der Waals surface area contributed by atoms with Crippen molar-refractivity contribution in [3.63, 3.8) is 0 Å². The van der Waals surface area contributed by atoms with Crippen LogP contribution in [0.15, 0.2) is 29.2 Å². The standard InChI is InChI=1S/C15H23NS/c1-2-16-15(14-11-8-12-17-14)13-9-6-4-3-5-7-10-13/h8-9,11-12,15-16H,2-7,10H2,1H3/b13-9+. The predicted molar refractivity (Wildman–Crippen MR) is 76.5 cm³/mol. The van der Waals surface area contributed by atoms with E-state index in [4.69, 9.17) is 0 Å². The van der Waals surface area contributed by atoms with Crippen LogP contribution in [0.2, 0.25) is 0 Å². The Hall–Kier alpha value is -0.600. The minimum absolute atomic E-state index is 0.470. The number of hydrogen-bond acceptors (Lipinski definition) is 2. The van der Waals surface area contributed by atoms with Gasteiger partial charge in [0, 0.05) is 4.88 Å². The van der Waals surface area contributed by atoms with Gasteiger partial charge in [-0.25, -0.2) is 0 Å². The average Bonchev–Trinajstić information content (AvgIpc) is 2.79. The summed E-state index contributed by atoms with van der Waals surface area (Å²) in [4.78, 5) is 1.47. The molecule has 1 aromatic heterocycles. The molecular weight excluding hydrogens is 226 g/mol. The van der Waals surface area contributed by atoms with Crippen molar-refractivity contribution in [2.45, 2.75) is 51.5 Å². The lowest BCUT2D eigenvalue weighted by atomic mass is 9.94. The molecule has 0 radical (unpaired) electrons. The van der Waals surface area contributed by atoms with Gasteiger partial charge in [0.1, 0.15) is 0 Å². The predicted octanol–water partition coefficient (Wildman–Crippen LogP) is 4.68. The van der Waals surface area contributed by atoms with Crippen molar-refractivity contribution in [1.29, 1.82) is 0 Å². The number of allylic oxidation sites excluding steroid dienone is 1. The number of nitrogens with one attached hydrogen (secondary N) is 1. The van der Waals surface area contributed by atoms with E-state index >= 15 is 0 Å². The summed E-state index contributed by atoms with van der Waals surface area (Å²) in [7, 11) is 0. The smallest absolute Gasteiger partial charge is 0.0630 e. The monoisotopic (exact) mass is 249 g/mol. The van der Waals surface area contributed by atoms with Crippen LogP contribution in [0.25, 0.3) is 0 Å². The highest BCUT2D eigenvalue weighted by Crippen LogP contribution is 2.31. The van der Waals surface area contributed by atoms with Gasteiger partial charge in [0.05, 0.1) is 6.04 Å². The molecule has 17 heavy (non-hydrogen) atoms. The molecule has 0 saturated heterocycles. The molecule has 1 aliphatic rings. The molecule has 2 rings (SSSR count). The Labute approximate surface area is 109 Å². The maximum Gasteiger partial charge on any atom is 0.0630 e. The molecule has 1 heterocycles. The topological polar surface area (TPSA) is 12.0 Å². The Morgan fingerprint density at radius 3 is 2.94 bits per heavy atom. The van der Waals surface area contributed by atoms with Crippen LogP contribution in [-0.2, 0) is 0 Å². The van der Waals surface area contributed by atoms with E-state index < -0.39 is 0 Å². The largest absolute Gasteiger partial charge is 0.306 e. The van der Waals surface area contributed by atoms with Gasteiger partial charge < -0.3 is 5.32 Å². The number of likely N-dealkylation sites (N-methyl/N-ethyl adjacent to an activating group) is 1. The highest BCUT2D eigenvalue weighted by molar-refractivity contribution is 7.10. The summed E-state index contributed by atoms with van der Waals surface area (Å²) < 4.78 is 0. The van der Waals surface area contributed by atoms with Crippen LogP contribution in [-0.4, -0.2) is 6.54 Å². The zero-order valence-electron chi connectivity index (χ0n) is 10.7. The minimum Gasteiger partial charge on any atom is -0.306 e. The Morgan fingerprint density at radius 1 is 1.29 bits per heavy atom. The van der Waals surface area contributed by atoms with Gasteiger partial charge in [-0.3, -0.25) is 0 Å². The third-order valence-electron chi connectivity index (χ3n) is 3.43. The Balaban J connectivity index is 2.13. The molecule has 2 heteroatoms. The van der Waals surface area contributed by atoms with Gasteiger partial charge in [0.25, 0.3) is 0 Å². The van der Waals surface area contributed by atoms with E-state index in [1.54, 1.807) is 5.57 Å². The molecule has 1 aliphatic carbocycles. The Bertz CT molecular complexity index is 340. The third-order valence-corrected chi connectivity index (χ3v) is 4.37. The molecule has 1 N–H and O–H groups in total. The average molecular weight is 249 g/mol. The lowest BCUT2D eigenvalue weighted by Gasteiger charge is -2.22. The van der Waals surface area contributed by atoms with Crippen LogP contribution in [0.3, 0.4) is 0 Å². The second kappa shape index (κ2) is 6.97. The van der Waals surface area contributed by atoms with E-state index in [0.717, 1.165) is 6.54 Å². The van der Waals surface area contributed by atoms with Gasteiger partial charge in [-0.1, -0.05) is 37.5 Å². The highest BCUT2D eigenvalue weighted by Gasteiger charge is 2.16. The van der Waals surface area contributed by atoms with Crippen LogP contribution < -0.4 is 5.32 Å². The first-order chi connectivity index (χ1) is 8.42. The molecule has 1 aromatic rings. The molecule has 94 valence electrons. The van der Waals surface area contributed by atoms with E-state index in [1.165, 1.54) is 43.4 Å². The number of hydrogen-bond donors (Lipinski definition) is 1. The fraction of sp³-hybridized carbons (Fsp3) is 0.600. The van der Waals surface area contributed by atoms with E-state index in [9.17, 15) is 0 Å². The molecule has 0 aliphatic heterocycles. The van der Waals surface area contributed by atoms with Gasteiger partial charge in [0.15, 0.2) is 0 Å². The molecule has 1 nitrogen and oxygen atoms in total. The first kappa shape index (κ1) is 12.8. The van der Waals surface area contributed by atoms with E-state index in [-0.39, 0.29) is 0 Å². The van der Waals surface area contributed by atoms with E-state index in [1.807, 2.05) is 11.3 Å². The van der Waals surface area contributed by atoms with Crippen molar-refractivity contribution in [3.05, 3.63) is 34.0 Å². The first-order valence-electron chi connectivity index (χ1n) is 6.87. The summed E-state index contributed by atoms with van der Waals surface area (Å²) in [5, 5.41) is 5.83. The van der Waals surface area contributed by atoms with Crippen molar-refractivity contribution in [2.75, 3.05) is 6.54 Å².